The number of benzene rings is 1. The van der Waals surface area contributed by atoms with Gasteiger partial charge in [-0.25, -0.2) is 0 Å². The highest BCUT2D eigenvalue weighted by Gasteiger charge is 2.44. The van der Waals surface area contributed by atoms with E-state index in [1.165, 1.54) is 6.92 Å². The fraction of sp³-hybridized carbons (Fsp3) is 0.412. The molecule has 0 unspecified atom stereocenters. The number of ketones is 1. The predicted molar refractivity (Wildman–Crippen MR) is 79.0 cm³/mol. The van der Waals surface area contributed by atoms with Crippen molar-refractivity contribution in [2.45, 2.75) is 33.1 Å². The molecule has 0 bridgehead atoms. The van der Waals surface area contributed by atoms with Crippen LogP contribution in [0.25, 0.3) is 0 Å². The van der Waals surface area contributed by atoms with Crippen LogP contribution in [-0.4, -0.2) is 23.1 Å². The Morgan fingerprint density at radius 3 is 2.45 bits per heavy atom. The number of allylic oxidation sites excluding steroid dienone is 1. The van der Waals surface area contributed by atoms with Crippen molar-refractivity contribution in [2.75, 3.05) is 6.54 Å². The summed E-state index contributed by atoms with van der Waals surface area (Å²) in [6.45, 7) is 7.88. The summed E-state index contributed by atoms with van der Waals surface area (Å²) < 4.78 is 0. The molecule has 106 valence electrons. The second-order valence-electron chi connectivity index (χ2n) is 5.52. The molecule has 3 nitrogen and oxygen atoms in total. The highest BCUT2D eigenvalue weighted by atomic mass is 16.2. The third-order valence-electron chi connectivity index (χ3n) is 4.27. The van der Waals surface area contributed by atoms with Gasteiger partial charge < -0.3 is 4.90 Å². The summed E-state index contributed by atoms with van der Waals surface area (Å²) in [6.07, 6.45) is 2.22. The maximum absolute atomic E-state index is 12.3. The molecule has 1 saturated heterocycles. The van der Waals surface area contributed by atoms with E-state index in [1.54, 1.807) is 11.8 Å². The molecule has 1 aromatic carbocycles. The van der Waals surface area contributed by atoms with Gasteiger partial charge in [0.25, 0.3) is 0 Å². The molecule has 1 heterocycles. The van der Waals surface area contributed by atoms with E-state index in [4.69, 9.17) is 0 Å². The normalized spacial score (nSPS) is 22.7. The highest BCUT2D eigenvalue weighted by Crippen LogP contribution is 2.42. The number of amides is 1. The standard InChI is InChI=1S/C17H21NO2/c1-13-17(14(2)19,10-7-11-18(13)15(3)20)12-16-8-5-4-6-9-16/h4-6,8-9H,1,7,10-12H2,2-3H3/t17-/m1/s1. The van der Waals surface area contributed by atoms with Gasteiger partial charge in [-0.1, -0.05) is 36.9 Å². The summed E-state index contributed by atoms with van der Waals surface area (Å²) in [5.74, 6) is 0.0608. The van der Waals surface area contributed by atoms with E-state index in [-0.39, 0.29) is 11.7 Å². The van der Waals surface area contributed by atoms with Crippen LogP contribution in [0.5, 0.6) is 0 Å². The number of hydrogen-bond donors (Lipinski definition) is 0. The molecule has 1 amide bonds. The van der Waals surface area contributed by atoms with Crippen LogP contribution in [0.1, 0.15) is 32.3 Å². The van der Waals surface area contributed by atoms with E-state index in [0.29, 0.717) is 18.7 Å². The molecule has 0 radical (unpaired) electrons. The first-order valence-electron chi connectivity index (χ1n) is 7.00. The van der Waals surface area contributed by atoms with Crippen molar-refractivity contribution >= 4 is 11.7 Å². The molecular weight excluding hydrogens is 250 g/mol. The molecule has 0 saturated carbocycles. The van der Waals surface area contributed by atoms with Gasteiger partial charge in [-0.3, -0.25) is 9.59 Å². The van der Waals surface area contributed by atoms with E-state index in [2.05, 4.69) is 6.58 Å². The Morgan fingerprint density at radius 1 is 1.25 bits per heavy atom. The van der Waals surface area contributed by atoms with Gasteiger partial charge in [-0.15, -0.1) is 0 Å². The maximum Gasteiger partial charge on any atom is 0.223 e. The minimum Gasteiger partial charge on any atom is -0.316 e. The molecule has 0 aromatic heterocycles. The van der Waals surface area contributed by atoms with Crippen molar-refractivity contribution in [3.8, 4) is 0 Å². The second kappa shape index (κ2) is 5.61. The third-order valence-corrected chi connectivity index (χ3v) is 4.27. The number of likely N-dealkylation sites (tertiary alicyclic amines) is 1. The van der Waals surface area contributed by atoms with Crippen LogP contribution < -0.4 is 0 Å². The lowest BCUT2D eigenvalue weighted by Gasteiger charge is -2.43. The predicted octanol–water partition coefficient (Wildman–Crippen LogP) is 2.96. The first-order valence-corrected chi connectivity index (χ1v) is 7.00. The van der Waals surface area contributed by atoms with Crippen molar-refractivity contribution in [3.63, 3.8) is 0 Å². The summed E-state index contributed by atoms with van der Waals surface area (Å²) in [7, 11) is 0. The lowest BCUT2D eigenvalue weighted by molar-refractivity contribution is -0.133. The largest absolute Gasteiger partial charge is 0.316 e. The van der Waals surface area contributed by atoms with Gasteiger partial charge in [0.1, 0.15) is 5.78 Å². The van der Waals surface area contributed by atoms with Crippen LogP contribution in [-0.2, 0) is 16.0 Å². The van der Waals surface area contributed by atoms with E-state index < -0.39 is 5.41 Å². The minimum atomic E-state index is -0.634. The van der Waals surface area contributed by atoms with Gasteiger partial charge in [0, 0.05) is 19.2 Å². The third kappa shape index (κ3) is 2.53. The molecule has 20 heavy (non-hydrogen) atoms. The van der Waals surface area contributed by atoms with E-state index in [0.717, 1.165) is 18.4 Å². The molecule has 0 aliphatic carbocycles. The topological polar surface area (TPSA) is 37.4 Å². The number of carbonyl (C=O) groups excluding carboxylic acids is 2. The lowest BCUT2D eigenvalue weighted by Crippen LogP contribution is -2.47. The number of carbonyl (C=O) groups is 2. The molecular formula is C17H21NO2. The Labute approximate surface area is 120 Å². The Kier molecular flexibility index (Phi) is 4.07. The van der Waals surface area contributed by atoms with E-state index in [1.807, 2.05) is 30.3 Å². The molecule has 1 atom stereocenters. The van der Waals surface area contributed by atoms with Crippen LogP contribution in [0.3, 0.4) is 0 Å². The minimum absolute atomic E-state index is 0.0339. The second-order valence-corrected chi connectivity index (χ2v) is 5.52. The maximum atomic E-state index is 12.3. The van der Waals surface area contributed by atoms with Crippen LogP contribution in [0.15, 0.2) is 42.6 Å². The first-order chi connectivity index (χ1) is 9.47. The van der Waals surface area contributed by atoms with E-state index >= 15 is 0 Å². The molecule has 3 heteroatoms. The lowest BCUT2D eigenvalue weighted by atomic mass is 9.70. The zero-order valence-corrected chi connectivity index (χ0v) is 12.2. The zero-order chi connectivity index (χ0) is 14.8. The van der Waals surface area contributed by atoms with Crippen LogP contribution in [0.4, 0.5) is 0 Å². The van der Waals surface area contributed by atoms with Gasteiger partial charge in [-0.05, 0) is 31.7 Å². The summed E-state index contributed by atoms with van der Waals surface area (Å²) in [5, 5.41) is 0. The van der Waals surface area contributed by atoms with E-state index in [9.17, 15) is 9.59 Å². The van der Waals surface area contributed by atoms with Crippen LogP contribution in [0.2, 0.25) is 0 Å². The Morgan fingerprint density at radius 2 is 1.90 bits per heavy atom. The van der Waals surface area contributed by atoms with Crippen molar-refractivity contribution in [3.05, 3.63) is 48.2 Å². The number of piperidine rings is 1. The Balaban J connectivity index is 2.36. The molecule has 1 aliphatic heterocycles. The van der Waals surface area contributed by atoms with Crippen LogP contribution >= 0.6 is 0 Å². The number of nitrogens with zero attached hydrogens (tertiary/aromatic N) is 1. The smallest absolute Gasteiger partial charge is 0.223 e. The SMILES string of the molecule is C=C1N(C(C)=O)CCC[C@]1(Cc1ccccc1)C(C)=O. The average molecular weight is 271 g/mol. The number of hydrogen-bond acceptors (Lipinski definition) is 2. The summed E-state index contributed by atoms with van der Waals surface area (Å²) in [5.41, 5.74) is 1.13. The summed E-state index contributed by atoms with van der Waals surface area (Å²) in [4.78, 5) is 25.7. The molecule has 2 rings (SSSR count). The fourth-order valence-electron chi connectivity index (χ4n) is 3.06. The molecule has 0 N–H and O–H groups in total. The van der Waals surface area contributed by atoms with Gasteiger partial charge >= 0.3 is 0 Å². The van der Waals surface area contributed by atoms with Gasteiger partial charge in [-0.2, -0.15) is 0 Å². The first kappa shape index (κ1) is 14.5. The Bertz CT molecular complexity index is 535. The van der Waals surface area contributed by atoms with Crippen molar-refractivity contribution in [2.24, 2.45) is 5.41 Å². The van der Waals surface area contributed by atoms with Gasteiger partial charge in [0.2, 0.25) is 5.91 Å². The molecule has 1 aliphatic rings. The number of rotatable bonds is 3. The van der Waals surface area contributed by atoms with Crippen molar-refractivity contribution in [1.29, 1.82) is 0 Å². The zero-order valence-electron chi connectivity index (χ0n) is 12.2. The van der Waals surface area contributed by atoms with Crippen LogP contribution in [0, 0.1) is 5.41 Å². The average Bonchev–Trinajstić information content (AvgIpc) is 2.41. The summed E-state index contributed by atoms with van der Waals surface area (Å²) in [6, 6.07) is 9.94. The quantitative estimate of drug-likeness (QED) is 0.847. The molecule has 0 spiro atoms. The fourth-order valence-corrected chi connectivity index (χ4v) is 3.06. The van der Waals surface area contributed by atoms with Gasteiger partial charge in [0.05, 0.1) is 5.41 Å². The highest BCUT2D eigenvalue weighted by molar-refractivity contribution is 5.88. The molecule has 1 aromatic rings. The Hall–Kier alpha value is -1.90. The molecule has 1 fully saturated rings. The van der Waals surface area contributed by atoms with Crippen molar-refractivity contribution in [1.82, 2.24) is 4.90 Å². The van der Waals surface area contributed by atoms with Crippen molar-refractivity contribution < 1.29 is 9.59 Å². The summed E-state index contributed by atoms with van der Waals surface area (Å²) >= 11 is 0. The number of Topliss-reactive ketones (excluding diaryl/α,β-unsaturated/α-hetero) is 1. The van der Waals surface area contributed by atoms with Gasteiger partial charge in [0.15, 0.2) is 0 Å². The monoisotopic (exact) mass is 271 g/mol.